The first-order valence-electron chi connectivity index (χ1n) is 18.0. The molecule has 0 fully saturated rings. The number of carboxylic acid groups (broad SMARTS) is 1. The highest BCUT2D eigenvalue weighted by molar-refractivity contribution is 5.83. The van der Waals surface area contributed by atoms with Gasteiger partial charge in [0.25, 0.3) is 0 Å². The molecule has 0 bridgehead atoms. The fraction of sp³-hybridized carbons (Fsp3) is 0.711. The number of hydrogen-bond donors (Lipinski definition) is 3. The van der Waals surface area contributed by atoms with E-state index in [1.807, 2.05) is 6.08 Å². The van der Waals surface area contributed by atoms with E-state index in [4.69, 9.17) is 10.5 Å². The van der Waals surface area contributed by atoms with Crippen LogP contribution in [-0.2, 0) is 19.1 Å². The number of hydrogen-bond acceptors (Lipinski definition) is 5. The molecule has 0 aliphatic carbocycles. The van der Waals surface area contributed by atoms with E-state index in [1.54, 1.807) is 0 Å². The van der Waals surface area contributed by atoms with Crippen molar-refractivity contribution < 1.29 is 24.2 Å². The lowest BCUT2D eigenvalue weighted by molar-refractivity contribution is -0.147. The monoisotopic (exact) mass is 630 g/mol. The van der Waals surface area contributed by atoms with Gasteiger partial charge in [-0.1, -0.05) is 101 Å². The molecule has 0 aliphatic heterocycles. The van der Waals surface area contributed by atoms with Gasteiger partial charge >= 0.3 is 11.9 Å². The third kappa shape index (κ3) is 29.8. The normalized spacial score (nSPS) is 13.3. The number of unbranched alkanes of at least 4 members (excludes halogenated alkanes) is 11. The smallest absolute Gasteiger partial charge is 0.326 e. The molecule has 0 heterocycles. The van der Waals surface area contributed by atoms with Gasteiger partial charge in [-0.2, -0.15) is 0 Å². The Labute approximate surface area is 275 Å². The molecule has 0 spiro atoms. The summed E-state index contributed by atoms with van der Waals surface area (Å²) in [5, 5.41) is 11.9. The third-order valence-corrected chi connectivity index (χ3v) is 7.61. The molecule has 2 unspecified atom stereocenters. The summed E-state index contributed by atoms with van der Waals surface area (Å²) in [5.41, 5.74) is 5.46. The Balaban J connectivity index is 4.43. The second-order valence-corrected chi connectivity index (χ2v) is 11.9. The van der Waals surface area contributed by atoms with Crippen molar-refractivity contribution in [2.45, 2.75) is 167 Å². The zero-order valence-electron chi connectivity index (χ0n) is 28.7. The van der Waals surface area contributed by atoms with E-state index in [-0.39, 0.29) is 18.0 Å². The summed E-state index contributed by atoms with van der Waals surface area (Å²) >= 11 is 0. The minimum atomic E-state index is -1.02. The van der Waals surface area contributed by atoms with Crippen molar-refractivity contribution in [3.05, 3.63) is 48.6 Å². The van der Waals surface area contributed by atoms with Gasteiger partial charge in [-0.25, -0.2) is 4.79 Å². The van der Waals surface area contributed by atoms with Gasteiger partial charge in [0.2, 0.25) is 5.91 Å². The molecule has 0 aromatic heterocycles. The molecule has 4 N–H and O–H groups in total. The highest BCUT2D eigenvalue weighted by atomic mass is 16.5. The Kier molecular flexibility index (Phi) is 30.8. The molecule has 0 aromatic rings. The predicted molar refractivity (Wildman–Crippen MR) is 188 cm³/mol. The maximum absolute atomic E-state index is 12.6. The predicted octanol–water partition coefficient (Wildman–Crippen LogP) is 9.27. The number of carbonyl (C=O) groups is 3. The fourth-order valence-electron chi connectivity index (χ4n) is 4.91. The van der Waals surface area contributed by atoms with E-state index >= 15 is 0 Å². The Morgan fingerprint density at radius 3 is 1.96 bits per heavy atom. The van der Waals surface area contributed by atoms with Crippen LogP contribution in [0.5, 0.6) is 0 Å². The maximum atomic E-state index is 12.6. The SMILES string of the molecule is CC/C=C\C/C=C\C/C=C\C(CCCCCCC(=O)NC(CCCN)C(=O)O)OC(=O)CCCCCCC/C=C\CCCCC. The van der Waals surface area contributed by atoms with E-state index < -0.39 is 12.0 Å². The average molecular weight is 631 g/mol. The molecule has 1 amide bonds. The molecule has 258 valence electrons. The number of amides is 1. The molecule has 0 aromatic carbocycles. The number of nitrogens with one attached hydrogen (secondary N) is 1. The summed E-state index contributed by atoms with van der Waals surface area (Å²) in [6.45, 7) is 4.76. The van der Waals surface area contributed by atoms with Crippen LogP contribution in [0, 0.1) is 0 Å². The van der Waals surface area contributed by atoms with Gasteiger partial charge in [-0.15, -0.1) is 0 Å². The molecule has 0 saturated heterocycles. The number of esters is 1. The summed E-state index contributed by atoms with van der Waals surface area (Å²) in [6, 6.07) is -0.877. The van der Waals surface area contributed by atoms with Gasteiger partial charge < -0.3 is 20.9 Å². The third-order valence-electron chi connectivity index (χ3n) is 7.61. The molecule has 0 radical (unpaired) electrons. The molecule has 2 atom stereocenters. The van der Waals surface area contributed by atoms with Crippen molar-refractivity contribution in [1.82, 2.24) is 5.32 Å². The van der Waals surface area contributed by atoms with Crippen LogP contribution in [0.2, 0.25) is 0 Å². The first kappa shape index (κ1) is 42.3. The van der Waals surface area contributed by atoms with Crippen LogP contribution >= 0.6 is 0 Å². The number of carboxylic acids is 1. The molecular weight excluding hydrogens is 564 g/mol. The minimum Gasteiger partial charge on any atom is -0.480 e. The van der Waals surface area contributed by atoms with E-state index in [2.05, 4.69) is 61.7 Å². The Bertz CT molecular complexity index is 849. The Morgan fingerprint density at radius 2 is 1.29 bits per heavy atom. The number of allylic oxidation sites excluding steroid dienone is 7. The van der Waals surface area contributed by atoms with Crippen LogP contribution in [0.25, 0.3) is 0 Å². The number of carbonyl (C=O) groups excluding carboxylic acids is 2. The highest BCUT2D eigenvalue weighted by Crippen LogP contribution is 2.14. The molecule has 0 saturated carbocycles. The van der Waals surface area contributed by atoms with Gasteiger partial charge in [-0.05, 0) is 96.1 Å². The second kappa shape index (κ2) is 32.7. The zero-order valence-corrected chi connectivity index (χ0v) is 28.7. The molecular formula is C38H66N2O5. The van der Waals surface area contributed by atoms with E-state index in [1.165, 1.54) is 38.5 Å². The molecule has 7 nitrogen and oxygen atoms in total. The van der Waals surface area contributed by atoms with Crippen molar-refractivity contribution >= 4 is 17.8 Å². The van der Waals surface area contributed by atoms with Crippen LogP contribution in [0.15, 0.2) is 48.6 Å². The van der Waals surface area contributed by atoms with Crippen LogP contribution in [-0.4, -0.2) is 41.6 Å². The summed E-state index contributed by atoms with van der Waals surface area (Å²) in [6.07, 6.45) is 37.4. The van der Waals surface area contributed by atoms with Crippen molar-refractivity contribution in [2.24, 2.45) is 5.73 Å². The fourth-order valence-corrected chi connectivity index (χ4v) is 4.91. The van der Waals surface area contributed by atoms with Crippen molar-refractivity contribution in [2.75, 3.05) is 6.54 Å². The lowest BCUT2D eigenvalue weighted by Crippen LogP contribution is -2.40. The Morgan fingerprint density at radius 1 is 0.689 bits per heavy atom. The van der Waals surface area contributed by atoms with Crippen molar-refractivity contribution in [3.8, 4) is 0 Å². The molecule has 0 aliphatic rings. The van der Waals surface area contributed by atoms with E-state index in [0.717, 1.165) is 70.6 Å². The average Bonchev–Trinajstić information content (AvgIpc) is 3.02. The minimum absolute atomic E-state index is 0.126. The quantitative estimate of drug-likeness (QED) is 0.0399. The van der Waals surface area contributed by atoms with Gasteiger partial charge in [0.15, 0.2) is 0 Å². The lowest BCUT2D eigenvalue weighted by atomic mass is 10.1. The number of ether oxygens (including phenoxy) is 1. The van der Waals surface area contributed by atoms with Gasteiger partial charge in [0, 0.05) is 12.8 Å². The topological polar surface area (TPSA) is 119 Å². The first-order chi connectivity index (χ1) is 21.9. The summed E-state index contributed by atoms with van der Waals surface area (Å²) in [5.74, 6) is -1.38. The van der Waals surface area contributed by atoms with Crippen molar-refractivity contribution in [3.63, 3.8) is 0 Å². The molecule has 45 heavy (non-hydrogen) atoms. The maximum Gasteiger partial charge on any atom is 0.326 e. The van der Waals surface area contributed by atoms with Crippen LogP contribution in [0.3, 0.4) is 0 Å². The molecule has 0 rings (SSSR count). The summed E-state index contributed by atoms with van der Waals surface area (Å²) < 4.78 is 5.85. The largest absolute Gasteiger partial charge is 0.480 e. The molecule has 7 heteroatoms. The van der Waals surface area contributed by atoms with Crippen LogP contribution < -0.4 is 11.1 Å². The van der Waals surface area contributed by atoms with Gasteiger partial charge in [-0.3, -0.25) is 9.59 Å². The standard InChI is InChI=1S/C38H66N2O5/c1-3-5-7-9-11-13-14-15-16-18-20-26-32-37(42)45-34(28-23-19-17-12-10-8-6-4-2)29-24-21-22-25-31-36(41)40-35(38(43)44)30-27-33-39/h6,8,11-13,17,23,28,34-35H,3-5,7,9-10,14-16,18-22,24-27,29-33,39H2,1-2H3,(H,40,41)(H,43,44)/b8-6-,13-11-,17-12-,28-23-. The first-order valence-corrected chi connectivity index (χ1v) is 18.0. The van der Waals surface area contributed by atoms with E-state index in [0.29, 0.717) is 38.6 Å². The zero-order chi connectivity index (χ0) is 33.2. The number of nitrogens with two attached hydrogens (primary N) is 1. The Hall–Kier alpha value is -2.67. The summed E-state index contributed by atoms with van der Waals surface area (Å²) in [4.78, 5) is 36.1. The highest BCUT2D eigenvalue weighted by Gasteiger charge is 2.18. The van der Waals surface area contributed by atoms with Gasteiger partial charge in [0.05, 0.1) is 0 Å². The second-order valence-electron chi connectivity index (χ2n) is 11.9. The van der Waals surface area contributed by atoms with Crippen LogP contribution in [0.4, 0.5) is 0 Å². The van der Waals surface area contributed by atoms with Crippen LogP contribution in [0.1, 0.15) is 155 Å². The lowest BCUT2D eigenvalue weighted by Gasteiger charge is -2.15. The van der Waals surface area contributed by atoms with Gasteiger partial charge in [0.1, 0.15) is 12.1 Å². The number of aliphatic carboxylic acids is 1. The van der Waals surface area contributed by atoms with Crippen molar-refractivity contribution in [1.29, 1.82) is 0 Å². The summed E-state index contributed by atoms with van der Waals surface area (Å²) in [7, 11) is 0. The van der Waals surface area contributed by atoms with E-state index in [9.17, 15) is 19.5 Å². The number of rotatable bonds is 31.